The first-order valence-corrected chi connectivity index (χ1v) is 17.1. The minimum Gasteiger partial charge on any atom is -0.508 e. The van der Waals surface area contributed by atoms with Crippen LogP contribution in [0.5, 0.6) is 11.5 Å². The maximum Gasteiger partial charge on any atom is 0.334 e. The molecule has 13 heteroatoms. The van der Waals surface area contributed by atoms with Crippen molar-refractivity contribution in [3.63, 3.8) is 0 Å². The van der Waals surface area contributed by atoms with Gasteiger partial charge in [-0.15, -0.1) is 0 Å². The second-order valence-corrected chi connectivity index (χ2v) is 16.8. The molecule has 0 amide bonds. The van der Waals surface area contributed by atoms with Gasteiger partial charge in [0, 0.05) is 0 Å². The lowest BCUT2D eigenvalue weighted by Gasteiger charge is -2.25. The zero-order valence-corrected chi connectivity index (χ0v) is 31.4. The van der Waals surface area contributed by atoms with E-state index >= 15 is 0 Å². The molecule has 0 fully saturated rings. The predicted molar refractivity (Wildman–Crippen MR) is 186 cm³/mol. The minimum atomic E-state index is -2.61. The number of aliphatic hydroxyl groups excluding tert-OH is 4. The van der Waals surface area contributed by atoms with E-state index in [1.165, 1.54) is 11.1 Å². The highest BCUT2D eigenvalue weighted by molar-refractivity contribution is 7.53. The zero-order chi connectivity index (χ0) is 36.9. The molecule has 0 spiro atoms. The summed E-state index contributed by atoms with van der Waals surface area (Å²) in [4.78, 5) is 31.3. The van der Waals surface area contributed by atoms with Gasteiger partial charge in [0.2, 0.25) is 0 Å². The molecule has 0 aromatic heterocycles. The Balaban J connectivity index is 0. The average Bonchev–Trinajstić information content (AvgIpc) is 2.88. The highest BCUT2D eigenvalue weighted by atomic mass is 31.2. The standard InChI is InChI=1S/2C14H22O.C5H12O4.H4O5P2/c2*1-13(2,3)10-7-8-12(15)11(9-10)14(4,5)6;6-1-5(2-7,3-8)4-9;1-6(2)5-7(3)4/h2*7-9,15H,1-6H3;6-9H,1-4H2;1-4H. The summed E-state index contributed by atoms with van der Waals surface area (Å²) in [6.07, 6.45) is 0. The third-order valence-corrected chi connectivity index (χ3v) is 8.00. The van der Waals surface area contributed by atoms with E-state index in [1.54, 1.807) is 12.1 Å². The number of phenolic OH excluding ortho intramolecular Hbond substituents is 2. The van der Waals surface area contributed by atoms with E-state index in [-0.39, 0.29) is 21.7 Å². The van der Waals surface area contributed by atoms with Crippen LogP contribution in [0.4, 0.5) is 0 Å². The number of phenols is 2. The summed E-state index contributed by atoms with van der Waals surface area (Å²) < 4.78 is 3.60. The van der Waals surface area contributed by atoms with E-state index in [1.807, 2.05) is 12.1 Å². The van der Waals surface area contributed by atoms with Gasteiger partial charge < -0.3 is 50.2 Å². The van der Waals surface area contributed by atoms with Gasteiger partial charge in [-0.25, -0.2) is 4.31 Å². The summed E-state index contributed by atoms with van der Waals surface area (Å²) in [6, 6.07) is 11.9. The molecule has 46 heavy (non-hydrogen) atoms. The van der Waals surface area contributed by atoms with E-state index in [4.69, 9.17) is 40.0 Å². The fourth-order valence-corrected chi connectivity index (χ4v) is 4.09. The van der Waals surface area contributed by atoms with Crippen LogP contribution in [-0.2, 0) is 26.0 Å². The highest BCUT2D eigenvalue weighted by Gasteiger charge is 2.26. The third-order valence-electron chi connectivity index (χ3n) is 6.83. The number of hydrogen-bond acceptors (Lipinski definition) is 11. The molecule has 2 aromatic carbocycles. The monoisotopic (exact) mass is 694 g/mol. The average molecular weight is 695 g/mol. The van der Waals surface area contributed by atoms with Gasteiger partial charge >= 0.3 is 17.2 Å². The van der Waals surface area contributed by atoms with Gasteiger partial charge in [-0.1, -0.05) is 107 Å². The van der Waals surface area contributed by atoms with Crippen LogP contribution in [0.15, 0.2) is 36.4 Å². The fourth-order valence-electron chi connectivity index (χ4n) is 3.57. The van der Waals surface area contributed by atoms with Gasteiger partial charge in [-0.2, -0.15) is 0 Å². The first-order chi connectivity index (χ1) is 20.6. The molecule has 0 aliphatic rings. The Morgan fingerprint density at radius 3 is 0.870 bits per heavy atom. The van der Waals surface area contributed by atoms with Crippen molar-refractivity contribution in [2.75, 3.05) is 26.4 Å². The van der Waals surface area contributed by atoms with Crippen molar-refractivity contribution in [1.82, 2.24) is 0 Å². The fraction of sp³-hybridized carbons (Fsp3) is 0.636. The minimum absolute atomic E-state index is 0.00859. The lowest BCUT2D eigenvalue weighted by Crippen LogP contribution is -2.37. The Kier molecular flexibility index (Phi) is 19.8. The zero-order valence-electron chi connectivity index (χ0n) is 29.6. The Hall–Kier alpha value is -1.46. The normalized spacial score (nSPS) is 12.5. The van der Waals surface area contributed by atoms with Crippen molar-refractivity contribution in [2.45, 2.75) is 105 Å². The third kappa shape index (κ3) is 17.6. The van der Waals surface area contributed by atoms with Crippen LogP contribution in [0.2, 0.25) is 0 Å². The molecular weight excluding hydrogens is 634 g/mol. The Bertz CT molecular complexity index is 1040. The molecule has 2 rings (SSSR count). The molecule has 0 aliphatic heterocycles. The molecule has 0 unspecified atom stereocenters. The quantitative estimate of drug-likeness (QED) is 0.174. The smallest absolute Gasteiger partial charge is 0.334 e. The maximum absolute atomic E-state index is 9.84. The van der Waals surface area contributed by atoms with Crippen molar-refractivity contribution in [3.05, 3.63) is 58.7 Å². The number of rotatable bonds is 6. The summed E-state index contributed by atoms with van der Waals surface area (Å²) >= 11 is 0. The van der Waals surface area contributed by atoms with Crippen molar-refractivity contribution < 1.29 is 54.5 Å². The van der Waals surface area contributed by atoms with Crippen LogP contribution in [-0.4, -0.2) is 76.6 Å². The summed E-state index contributed by atoms with van der Waals surface area (Å²) in [6.45, 7) is 24.2. The first-order valence-electron chi connectivity index (χ1n) is 14.8. The van der Waals surface area contributed by atoms with E-state index in [2.05, 4.69) is 99.5 Å². The van der Waals surface area contributed by atoms with E-state index in [0.717, 1.165) is 11.1 Å². The predicted octanol–water partition coefficient (Wildman–Crippen LogP) is 5.34. The van der Waals surface area contributed by atoms with Crippen LogP contribution >= 0.6 is 17.2 Å². The number of aromatic hydroxyl groups is 2. The number of hydrogen-bond donors (Lipinski definition) is 10. The van der Waals surface area contributed by atoms with Crippen molar-refractivity contribution >= 4 is 17.2 Å². The SMILES string of the molecule is CC(C)(C)c1ccc(O)c(C(C)(C)C)c1.CC(C)(C)c1ccc(O)c(C(C)(C)C)c1.OCC(CO)(CO)CO.OP(O)OP(O)O. The van der Waals surface area contributed by atoms with E-state index in [0.29, 0.717) is 11.5 Å². The van der Waals surface area contributed by atoms with Gasteiger partial charge in [0.1, 0.15) is 11.5 Å². The molecule has 2 aromatic rings. The number of benzene rings is 2. The lowest BCUT2D eigenvalue weighted by molar-refractivity contribution is -0.0328. The molecule has 11 nitrogen and oxygen atoms in total. The molecule has 0 heterocycles. The van der Waals surface area contributed by atoms with Gasteiger partial charge in [-0.05, 0) is 56.0 Å². The van der Waals surface area contributed by atoms with Crippen LogP contribution in [0, 0.1) is 5.41 Å². The summed E-state index contributed by atoms with van der Waals surface area (Å²) in [5, 5.41) is 53.7. The number of aliphatic hydroxyl groups is 4. The Morgan fingerprint density at radius 1 is 0.478 bits per heavy atom. The largest absolute Gasteiger partial charge is 0.508 e. The summed E-state index contributed by atoms with van der Waals surface area (Å²) in [7, 11) is -5.22. The van der Waals surface area contributed by atoms with Crippen LogP contribution in [0.3, 0.4) is 0 Å². The molecule has 268 valence electrons. The molecule has 0 saturated carbocycles. The molecule has 0 saturated heterocycles. The van der Waals surface area contributed by atoms with Gasteiger partial charge in [0.25, 0.3) is 0 Å². The molecule has 10 N–H and O–H groups in total. The van der Waals surface area contributed by atoms with Gasteiger partial charge in [-0.3, -0.25) is 0 Å². The Labute approximate surface area is 278 Å². The maximum atomic E-state index is 9.84. The second-order valence-electron chi connectivity index (χ2n) is 15.2. The summed E-state index contributed by atoms with van der Waals surface area (Å²) in [5.74, 6) is 0.797. The highest BCUT2D eigenvalue weighted by Crippen LogP contribution is 2.41. The van der Waals surface area contributed by atoms with Crippen molar-refractivity contribution in [3.8, 4) is 11.5 Å². The van der Waals surface area contributed by atoms with E-state index in [9.17, 15) is 10.2 Å². The molecule has 0 radical (unpaired) electrons. The molecule has 0 aliphatic carbocycles. The van der Waals surface area contributed by atoms with E-state index < -0.39 is 49.0 Å². The molecule has 0 atom stereocenters. The first kappa shape index (κ1) is 46.7. The van der Waals surface area contributed by atoms with Crippen molar-refractivity contribution in [2.24, 2.45) is 5.41 Å². The van der Waals surface area contributed by atoms with Gasteiger partial charge in [0.15, 0.2) is 0 Å². The lowest BCUT2D eigenvalue weighted by atomic mass is 9.80. The molecular formula is C33H60O11P2. The molecule has 0 bridgehead atoms. The van der Waals surface area contributed by atoms with Crippen LogP contribution in [0.25, 0.3) is 0 Å². The van der Waals surface area contributed by atoms with Crippen LogP contribution in [0.1, 0.15) is 105 Å². The topological polar surface area (TPSA) is 212 Å². The van der Waals surface area contributed by atoms with Crippen LogP contribution < -0.4 is 0 Å². The second kappa shape index (κ2) is 19.5. The Morgan fingerprint density at radius 2 is 0.739 bits per heavy atom. The summed E-state index contributed by atoms with van der Waals surface area (Å²) in [5.41, 5.74) is 3.72. The van der Waals surface area contributed by atoms with Crippen molar-refractivity contribution in [1.29, 1.82) is 0 Å². The van der Waals surface area contributed by atoms with Gasteiger partial charge in [0.05, 0.1) is 31.8 Å².